The van der Waals surface area contributed by atoms with Gasteiger partial charge in [0.15, 0.2) is 0 Å². The van der Waals surface area contributed by atoms with E-state index in [0.717, 1.165) is 6.07 Å². The van der Waals surface area contributed by atoms with Crippen LogP contribution in [0.1, 0.15) is 43.1 Å². The Morgan fingerprint density at radius 1 is 1.26 bits per heavy atom. The number of nitrogens with two attached hydrogens (primary N) is 1. The second-order valence-electron chi connectivity index (χ2n) is 6.04. The predicted octanol–water partition coefficient (Wildman–Crippen LogP) is 3.76. The fraction of sp³-hybridized carbons (Fsp3) is 0.533. The molecule has 1 atom stereocenters. The average Bonchev–Trinajstić information content (AvgIpc) is 2.35. The van der Waals surface area contributed by atoms with E-state index in [1.54, 1.807) is 6.92 Å². The van der Waals surface area contributed by atoms with Crippen molar-refractivity contribution in [3.8, 4) is 0 Å². The van der Waals surface area contributed by atoms with E-state index >= 15 is 0 Å². The van der Waals surface area contributed by atoms with Crippen LogP contribution < -0.4 is 11.1 Å². The highest BCUT2D eigenvalue weighted by atomic mass is 35.5. The lowest BCUT2D eigenvalue weighted by molar-refractivity contribution is -0.137. The Morgan fingerprint density at radius 3 is 2.26 bits per heavy atom. The van der Waals surface area contributed by atoms with Crippen molar-refractivity contribution in [3.05, 3.63) is 35.1 Å². The van der Waals surface area contributed by atoms with E-state index in [2.05, 4.69) is 5.32 Å². The number of halogens is 5. The van der Waals surface area contributed by atoms with Crippen molar-refractivity contribution in [2.45, 2.75) is 38.9 Å². The van der Waals surface area contributed by atoms with Crippen LogP contribution in [0.15, 0.2) is 18.2 Å². The number of benzene rings is 1. The van der Waals surface area contributed by atoms with Crippen molar-refractivity contribution < 1.29 is 22.4 Å². The van der Waals surface area contributed by atoms with Gasteiger partial charge in [0.05, 0.1) is 5.56 Å². The molecule has 0 aliphatic rings. The smallest absolute Gasteiger partial charge is 0.346 e. The van der Waals surface area contributed by atoms with Crippen molar-refractivity contribution in [1.82, 2.24) is 5.32 Å². The molecule has 3 nitrogen and oxygen atoms in total. The molecule has 0 heterocycles. The van der Waals surface area contributed by atoms with Crippen molar-refractivity contribution in [3.63, 3.8) is 0 Å². The quantitative estimate of drug-likeness (QED) is 0.789. The molecule has 0 aromatic heterocycles. The number of carbonyl (C=O) groups is 1. The van der Waals surface area contributed by atoms with Crippen LogP contribution in [0, 0.1) is 11.7 Å². The van der Waals surface area contributed by atoms with Gasteiger partial charge in [-0.25, -0.2) is 4.39 Å². The molecule has 23 heavy (non-hydrogen) atoms. The molecule has 0 bridgehead atoms. The first-order valence-corrected chi connectivity index (χ1v) is 6.87. The van der Waals surface area contributed by atoms with Crippen LogP contribution in [-0.4, -0.2) is 18.0 Å². The molecule has 1 rings (SSSR count). The minimum Gasteiger partial charge on any atom is -0.346 e. The summed E-state index contributed by atoms with van der Waals surface area (Å²) in [5, 5.41) is 2.60. The molecular weight excluding hydrogens is 336 g/mol. The third kappa shape index (κ3) is 6.35. The maximum absolute atomic E-state index is 13.3. The molecule has 0 aliphatic carbocycles. The number of alkyl halides is 3. The third-order valence-electron chi connectivity index (χ3n) is 3.21. The highest BCUT2D eigenvalue weighted by Gasteiger charge is 2.33. The fourth-order valence-corrected chi connectivity index (χ4v) is 2.32. The fourth-order valence-electron chi connectivity index (χ4n) is 2.32. The molecule has 1 aromatic carbocycles. The number of carbonyl (C=O) groups excluding carboxylic acids is 1. The number of hydrogen-bond donors (Lipinski definition) is 2. The van der Waals surface area contributed by atoms with Crippen LogP contribution in [0.4, 0.5) is 17.6 Å². The first kappa shape index (κ1) is 21.7. The van der Waals surface area contributed by atoms with Crippen LogP contribution in [0.5, 0.6) is 0 Å². The molecular formula is C15H21ClF4N2O. The third-order valence-corrected chi connectivity index (χ3v) is 3.21. The van der Waals surface area contributed by atoms with E-state index in [4.69, 9.17) is 5.73 Å². The van der Waals surface area contributed by atoms with Gasteiger partial charge in [-0.15, -0.1) is 12.4 Å². The predicted molar refractivity (Wildman–Crippen MR) is 83.0 cm³/mol. The SMILES string of the molecule is CC(C)CC(C)(CN)NC(=O)c1cc(F)cc(C(F)(F)F)c1.Cl. The molecule has 0 radical (unpaired) electrons. The normalized spacial score (nSPS) is 14.1. The van der Waals surface area contributed by atoms with E-state index in [9.17, 15) is 22.4 Å². The lowest BCUT2D eigenvalue weighted by atomic mass is 9.90. The summed E-state index contributed by atoms with van der Waals surface area (Å²) in [5.41, 5.74) is 3.30. The molecule has 0 saturated carbocycles. The van der Waals surface area contributed by atoms with E-state index < -0.39 is 29.0 Å². The monoisotopic (exact) mass is 356 g/mol. The zero-order chi connectivity index (χ0) is 17.1. The zero-order valence-electron chi connectivity index (χ0n) is 13.1. The summed E-state index contributed by atoms with van der Waals surface area (Å²) in [7, 11) is 0. The molecule has 0 saturated heterocycles. The topological polar surface area (TPSA) is 55.1 Å². The van der Waals surface area contributed by atoms with Gasteiger partial charge in [-0.05, 0) is 37.5 Å². The van der Waals surface area contributed by atoms with Gasteiger partial charge in [-0.3, -0.25) is 4.79 Å². The molecule has 3 N–H and O–H groups in total. The Labute approximate surface area is 139 Å². The molecule has 1 amide bonds. The minimum atomic E-state index is -4.72. The molecule has 0 aliphatic heterocycles. The van der Waals surface area contributed by atoms with Crippen molar-refractivity contribution in [2.75, 3.05) is 6.54 Å². The molecule has 1 unspecified atom stereocenters. The van der Waals surface area contributed by atoms with Gasteiger partial charge >= 0.3 is 6.18 Å². The number of nitrogens with one attached hydrogen (secondary N) is 1. The van der Waals surface area contributed by atoms with E-state index in [-0.39, 0.29) is 30.4 Å². The summed E-state index contributed by atoms with van der Waals surface area (Å²) in [4.78, 5) is 12.1. The van der Waals surface area contributed by atoms with E-state index in [1.165, 1.54) is 0 Å². The van der Waals surface area contributed by atoms with Gasteiger partial charge in [0.1, 0.15) is 5.82 Å². The van der Waals surface area contributed by atoms with Gasteiger partial charge in [-0.1, -0.05) is 13.8 Å². The minimum absolute atomic E-state index is 0. The number of amides is 1. The summed E-state index contributed by atoms with van der Waals surface area (Å²) >= 11 is 0. The maximum Gasteiger partial charge on any atom is 0.416 e. The summed E-state index contributed by atoms with van der Waals surface area (Å²) in [5.74, 6) is -1.66. The number of rotatable bonds is 5. The van der Waals surface area contributed by atoms with E-state index in [1.807, 2.05) is 13.8 Å². The molecule has 132 valence electrons. The largest absolute Gasteiger partial charge is 0.416 e. The standard InChI is InChI=1S/C15H20F4N2O.ClH/c1-9(2)7-14(3,8-20)21-13(22)10-4-11(15(17,18)19)6-12(16)5-10;/h4-6,9H,7-8,20H2,1-3H3,(H,21,22);1H. The molecule has 0 spiro atoms. The first-order valence-electron chi connectivity index (χ1n) is 6.87. The van der Waals surface area contributed by atoms with Crippen molar-refractivity contribution in [1.29, 1.82) is 0 Å². The number of hydrogen-bond acceptors (Lipinski definition) is 2. The molecule has 8 heteroatoms. The van der Waals surface area contributed by atoms with Crippen LogP contribution >= 0.6 is 12.4 Å². The van der Waals surface area contributed by atoms with Gasteiger partial charge < -0.3 is 11.1 Å². The van der Waals surface area contributed by atoms with Gasteiger partial charge in [-0.2, -0.15) is 13.2 Å². The Hall–Kier alpha value is -1.34. The lowest BCUT2D eigenvalue weighted by Gasteiger charge is -2.31. The summed E-state index contributed by atoms with van der Waals surface area (Å²) < 4.78 is 51.3. The van der Waals surface area contributed by atoms with Gasteiger partial charge in [0.2, 0.25) is 0 Å². The summed E-state index contributed by atoms with van der Waals surface area (Å²) in [6, 6.07) is 1.76. The molecule has 1 aromatic rings. The Kier molecular flexibility index (Phi) is 7.50. The average molecular weight is 357 g/mol. The van der Waals surface area contributed by atoms with Crippen molar-refractivity contribution >= 4 is 18.3 Å². The highest BCUT2D eigenvalue weighted by Crippen LogP contribution is 2.30. The highest BCUT2D eigenvalue weighted by molar-refractivity contribution is 5.95. The maximum atomic E-state index is 13.3. The Balaban J connectivity index is 0.00000484. The van der Waals surface area contributed by atoms with Gasteiger partial charge in [0, 0.05) is 17.6 Å². The summed E-state index contributed by atoms with van der Waals surface area (Å²) in [6.07, 6.45) is -4.16. The zero-order valence-corrected chi connectivity index (χ0v) is 13.9. The van der Waals surface area contributed by atoms with E-state index in [0.29, 0.717) is 18.6 Å². The second-order valence-corrected chi connectivity index (χ2v) is 6.04. The van der Waals surface area contributed by atoms with Gasteiger partial charge in [0.25, 0.3) is 5.91 Å². The molecule has 0 fully saturated rings. The first-order chi connectivity index (χ1) is 9.97. The van der Waals surface area contributed by atoms with Crippen LogP contribution in [0.25, 0.3) is 0 Å². The second kappa shape index (κ2) is 7.97. The van der Waals surface area contributed by atoms with Crippen molar-refractivity contribution in [2.24, 2.45) is 11.7 Å². The lowest BCUT2D eigenvalue weighted by Crippen LogP contribution is -2.52. The Bertz CT molecular complexity index is 549. The van der Waals surface area contributed by atoms with Crippen LogP contribution in [-0.2, 0) is 6.18 Å². The van der Waals surface area contributed by atoms with Crippen LogP contribution in [0.2, 0.25) is 0 Å². The van der Waals surface area contributed by atoms with Crippen LogP contribution in [0.3, 0.4) is 0 Å². The Morgan fingerprint density at radius 2 is 1.83 bits per heavy atom. The summed E-state index contributed by atoms with van der Waals surface area (Å²) in [6.45, 7) is 5.70.